The second kappa shape index (κ2) is 6.33. The predicted molar refractivity (Wildman–Crippen MR) is 105 cm³/mol. The van der Waals surface area contributed by atoms with Crippen LogP contribution in [0.2, 0.25) is 0 Å². The first kappa shape index (κ1) is 16.4. The molecule has 0 aliphatic heterocycles. The molecule has 4 rings (SSSR count). The largest absolute Gasteiger partial charge is 0.359 e. The van der Waals surface area contributed by atoms with E-state index >= 15 is 0 Å². The molecule has 25 heavy (non-hydrogen) atoms. The Kier molecular flexibility index (Phi) is 4.15. The molecule has 0 amide bonds. The molecule has 1 heterocycles. The fourth-order valence-electron chi connectivity index (χ4n) is 5.04. The number of anilines is 1. The molecule has 4 unspecified atom stereocenters. The second-order valence-electron chi connectivity index (χ2n) is 8.07. The predicted octanol–water partition coefficient (Wildman–Crippen LogP) is 5.76. The summed E-state index contributed by atoms with van der Waals surface area (Å²) in [6.45, 7) is 10.8. The fraction of sp³-hybridized carbons (Fsp3) is 0.435. The lowest BCUT2D eigenvalue weighted by atomic mass is 9.74. The van der Waals surface area contributed by atoms with Gasteiger partial charge in [0.15, 0.2) is 0 Å². The van der Waals surface area contributed by atoms with Crippen LogP contribution in [-0.2, 0) is 0 Å². The van der Waals surface area contributed by atoms with Gasteiger partial charge in [-0.2, -0.15) is 0 Å². The van der Waals surface area contributed by atoms with E-state index < -0.39 is 0 Å². The van der Waals surface area contributed by atoms with Gasteiger partial charge in [-0.25, -0.2) is 0 Å². The van der Waals surface area contributed by atoms with Crippen LogP contribution in [0, 0.1) is 38.5 Å². The van der Waals surface area contributed by atoms with Crippen LogP contribution in [0.4, 0.5) is 5.69 Å². The Bertz CT molecular complexity index is 790. The zero-order valence-electron chi connectivity index (χ0n) is 15.5. The molecule has 1 aromatic heterocycles. The molecule has 0 radical (unpaired) electrons. The summed E-state index contributed by atoms with van der Waals surface area (Å²) in [7, 11) is 0. The van der Waals surface area contributed by atoms with E-state index in [0.717, 1.165) is 23.2 Å². The van der Waals surface area contributed by atoms with Crippen LogP contribution < -0.4 is 5.32 Å². The molecular weight excluding hydrogens is 304 g/mol. The smallest absolute Gasteiger partial charge is 0.0384 e. The maximum absolute atomic E-state index is 4.56. The van der Waals surface area contributed by atoms with Crippen molar-refractivity contribution in [1.82, 2.24) is 4.98 Å². The summed E-state index contributed by atoms with van der Waals surface area (Å²) < 4.78 is 0. The van der Waals surface area contributed by atoms with Crippen molar-refractivity contribution < 1.29 is 0 Å². The van der Waals surface area contributed by atoms with Gasteiger partial charge >= 0.3 is 0 Å². The van der Waals surface area contributed by atoms with Crippen molar-refractivity contribution >= 4 is 5.69 Å². The standard InChI is InChI=1S/C23H28N2/c1-14-5-10-21(11-15(14)2)25-17(4)22-18-8-9-19(12-18)23(22)20-7-6-16(3)24-13-20/h5-7,10-11,13,18-19,22-23,25H,4,8-9,12H2,1-3H3. The number of allylic oxidation sites excluding steroid dienone is 1. The molecule has 2 bridgehead atoms. The maximum Gasteiger partial charge on any atom is 0.0384 e. The van der Waals surface area contributed by atoms with Gasteiger partial charge in [0.2, 0.25) is 0 Å². The molecular formula is C23H28N2. The van der Waals surface area contributed by atoms with Crippen LogP contribution in [0.25, 0.3) is 0 Å². The van der Waals surface area contributed by atoms with Crippen LogP contribution in [0.15, 0.2) is 48.8 Å². The Morgan fingerprint density at radius 3 is 2.56 bits per heavy atom. The Morgan fingerprint density at radius 2 is 1.84 bits per heavy atom. The average Bonchev–Trinajstić information content (AvgIpc) is 3.20. The van der Waals surface area contributed by atoms with E-state index in [1.165, 1.54) is 41.6 Å². The summed E-state index contributed by atoms with van der Waals surface area (Å²) >= 11 is 0. The van der Waals surface area contributed by atoms with Crippen molar-refractivity contribution in [2.45, 2.75) is 46.0 Å². The van der Waals surface area contributed by atoms with Crippen LogP contribution in [0.1, 0.15) is 47.6 Å². The zero-order chi connectivity index (χ0) is 17.6. The highest BCUT2D eigenvalue weighted by Crippen LogP contribution is 2.58. The molecule has 0 saturated heterocycles. The van der Waals surface area contributed by atoms with Gasteiger partial charge in [0.1, 0.15) is 0 Å². The molecule has 2 heteroatoms. The van der Waals surface area contributed by atoms with Gasteiger partial charge in [0, 0.05) is 29.2 Å². The minimum absolute atomic E-state index is 0.518. The van der Waals surface area contributed by atoms with Gasteiger partial charge in [-0.05, 0) is 92.7 Å². The summed E-state index contributed by atoms with van der Waals surface area (Å²) in [6, 6.07) is 11.0. The Labute approximate surface area is 151 Å². The Balaban J connectivity index is 1.59. The van der Waals surface area contributed by atoms with Gasteiger partial charge in [0.05, 0.1) is 0 Å². The lowest BCUT2D eigenvalue weighted by molar-refractivity contribution is 0.329. The number of rotatable bonds is 4. The molecule has 2 aliphatic rings. The Hall–Kier alpha value is -2.09. The number of fused-ring (bicyclic) bond motifs is 2. The van der Waals surface area contributed by atoms with Gasteiger partial charge in [0.25, 0.3) is 0 Å². The minimum Gasteiger partial charge on any atom is -0.359 e. The van der Waals surface area contributed by atoms with Crippen molar-refractivity contribution in [1.29, 1.82) is 0 Å². The first-order valence-electron chi connectivity index (χ1n) is 9.48. The van der Waals surface area contributed by atoms with Crippen molar-refractivity contribution in [2.75, 3.05) is 5.32 Å². The SMILES string of the molecule is C=C(Nc1ccc(C)c(C)c1)C1C2CCC(C2)C1c1ccc(C)nc1. The van der Waals surface area contributed by atoms with Gasteiger partial charge in [-0.3, -0.25) is 4.98 Å². The molecule has 2 aliphatic carbocycles. The third kappa shape index (κ3) is 2.99. The van der Waals surface area contributed by atoms with E-state index in [2.05, 4.69) is 74.2 Å². The van der Waals surface area contributed by atoms with E-state index in [9.17, 15) is 0 Å². The number of hydrogen-bond donors (Lipinski definition) is 1. The molecule has 1 N–H and O–H groups in total. The minimum atomic E-state index is 0.518. The van der Waals surface area contributed by atoms with Crippen molar-refractivity contribution in [3.05, 3.63) is 71.2 Å². The van der Waals surface area contributed by atoms with E-state index in [1.54, 1.807) is 0 Å². The third-order valence-electron chi connectivity index (χ3n) is 6.45. The monoisotopic (exact) mass is 332 g/mol. The van der Waals surface area contributed by atoms with Crippen molar-refractivity contribution in [3.8, 4) is 0 Å². The van der Waals surface area contributed by atoms with E-state index in [-0.39, 0.29) is 0 Å². The number of nitrogens with zero attached hydrogens (tertiary/aromatic N) is 1. The number of pyridine rings is 1. The topological polar surface area (TPSA) is 24.9 Å². The second-order valence-corrected chi connectivity index (χ2v) is 8.07. The van der Waals surface area contributed by atoms with Crippen molar-refractivity contribution in [3.63, 3.8) is 0 Å². The third-order valence-corrected chi connectivity index (χ3v) is 6.45. The summed E-state index contributed by atoms with van der Waals surface area (Å²) in [6.07, 6.45) is 6.14. The first-order chi connectivity index (χ1) is 12.0. The normalized spacial score (nSPS) is 27.5. The average molecular weight is 332 g/mol. The summed E-state index contributed by atoms with van der Waals surface area (Å²) in [4.78, 5) is 4.56. The lowest BCUT2D eigenvalue weighted by Gasteiger charge is -2.33. The molecule has 2 nitrogen and oxygen atoms in total. The lowest BCUT2D eigenvalue weighted by Crippen LogP contribution is -2.25. The zero-order valence-corrected chi connectivity index (χ0v) is 15.5. The summed E-state index contributed by atoms with van der Waals surface area (Å²) in [5.41, 5.74) is 7.49. The van der Waals surface area contributed by atoms with Crippen LogP contribution in [0.3, 0.4) is 0 Å². The molecule has 130 valence electrons. The summed E-state index contributed by atoms with van der Waals surface area (Å²) in [5, 5.41) is 3.63. The van der Waals surface area contributed by atoms with E-state index in [0.29, 0.717) is 11.8 Å². The highest BCUT2D eigenvalue weighted by Gasteiger charge is 2.49. The van der Waals surface area contributed by atoms with Crippen LogP contribution in [-0.4, -0.2) is 4.98 Å². The number of hydrogen-bond acceptors (Lipinski definition) is 2. The number of aryl methyl sites for hydroxylation is 3. The molecule has 0 spiro atoms. The van der Waals surface area contributed by atoms with Gasteiger partial charge < -0.3 is 5.32 Å². The maximum atomic E-state index is 4.56. The highest BCUT2D eigenvalue weighted by atomic mass is 14.9. The molecule has 2 aromatic rings. The Morgan fingerprint density at radius 1 is 1.04 bits per heavy atom. The molecule has 2 fully saturated rings. The molecule has 4 atom stereocenters. The van der Waals surface area contributed by atoms with E-state index in [4.69, 9.17) is 0 Å². The number of nitrogens with one attached hydrogen (secondary N) is 1. The molecule has 1 aromatic carbocycles. The number of benzene rings is 1. The summed E-state index contributed by atoms with van der Waals surface area (Å²) in [5.74, 6) is 2.64. The van der Waals surface area contributed by atoms with Gasteiger partial charge in [-0.1, -0.05) is 18.7 Å². The fourth-order valence-corrected chi connectivity index (χ4v) is 5.04. The van der Waals surface area contributed by atoms with Gasteiger partial charge in [-0.15, -0.1) is 0 Å². The molecule has 2 saturated carbocycles. The quantitative estimate of drug-likeness (QED) is 0.769. The highest BCUT2D eigenvalue weighted by molar-refractivity contribution is 5.52. The first-order valence-corrected chi connectivity index (χ1v) is 9.48. The van der Waals surface area contributed by atoms with Crippen LogP contribution >= 0.6 is 0 Å². The number of aromatic nitrogens is 1. The van der Waals surface area contributed by atoms with E-state index in [1.807, 2.05) is 0 Å². The van der Waals surface area contributed by atoms with Crippen molar-refractivity contribution in [2.24, 2.45) is 17.8 Å². The van der Waals surface area contributed by atoms with Crippen LogP contribution in [0.5, 0.6) is 0 Å².